The summed E-state index contributed by atoms with van der Waals surface area (Å²) in [5.74, 6) is 0.709. The number of carbonyl (C=O) groups is 1. The normalized spacial score (nSPS) is 11.9. The Balaban J connectivity index is 1.52. The summed E-state index contributed by atoms with van der Waals surface area (Å²) in [6.07, 6.45) is 7.68. The molecule has 0 bridgehead atoms. The Morgan fingerprint density at radius 2 is 1.85 bits per heavy atom. The summed E-state index contributed by atoms with van der Waals surface area (Å²) in [5.41, 5.74) is 2.55. The molecule has 2 N–H and O–H groups in total. The number of amides is 1. The Morgan fingerprint density at radius 1 is 1.04 bits per heavy atom. The molecule has 0 aliphatic carbocycles. The highest BCUT2D eigenvalue weighted by molar-refractivity contribution is 5.94. The van der Waals surface area contributed by atoms with Crippen molar-refractivity contribution in [1.29, 1.82) is 0 Å². The third kappa shape index (κ3) is 3.95. The van der Waals surface area contributed by atoms with E-state index in [0.717, 1.165) is 17.1 Å². The zero-order valence-electron chi connectivity index (χ0n) is 14.6. The highest BCUT2D eigenvalue weighted by atomic mass is 16.1. The maximum Gasteiger partial charge on any atom is 0.251 e. The van der Waals surface area contributed by atoms with Crippen LogP contribution in [0.2, 0.25) is 0 Å². The average molecular weight is 357 g/mol. The maximum absolute atomic E-state index is 12.8. The monoisotopic (exact) mass is 357 g/mol. The Hall–Kier alpha value is -3.67. The summed E-state index contributed by atoms with van der Waals surface area (Å²) in [5, 5.41) is 7.32. The summed E-state index contributed by atoms with van der Waals surface area (Å²) in [7, 11) is 0. The van der Waals surface area contributed by atoms with Gasteiger partial charge in [-0.15, -0.1) is 0 Å². The first-order chi connectivity index (χ1) is 13.3. The lowest BCUT2D eigenvalue weighted by molar-refractivity contribution is 0.0936. The van der Waals surface area contributed by atoms with Crippen molar-refractivity contribution in [2.24, 2.45) is 0 Å². The first-order valence-electron chi connectivity index (χ1n) is 8.74. The molecule has 2 aromatic heterocycles. The summed E-state index contributed by atoms with van der Waals surface area (Å²) >= 11 is 0. The van der Waals surface area contributed by atoms with Crippen LogP contribution in [0.1, 0.15) is 27.8 Å². The standard InChI is InChI=1S/C21H19N5O/c27-21(17-7-9-18(10-8-17)26-14-4-11-24-26)25-19(15-20-22-12-13-23-20)16-5-2-1-3-6-16/h1-14,19H,15H2,(H,22,23)(H,25,27)/t19-/m0/s1. The second kappa shape index (κ2) is 7.70. The quantitative estimate of drug-likeness (QED) is 0.556. The molecule has 0 radical (unpaired) electrons. The first kappa shape index (κ1) is 16.8. The number of aromatic amines is 1. The Bertz CT molecular complexity index is 977. The molecule has 4 aromatic rings. The molecule has 4 rings (SSSR count). The van der Waals surface area contributed by atoms with Crippen LogP contribution in [0.3, 0.4) is 0 Å². The van der Waals surface area contributed by atoms with E-state index in [4.69, 9.17) is 0 Å². The van der Waals surface area contributed by atoms with Gasteiger partial charge in [-0.2, -0.15) is 5.10 Å². The predicted octanol–water partition coefficient (Wildman–Crippen LogP) is 3.31. The second-order valence-electron chi connectivity index (χ2n) is 6.17. The molecule has 6 heteroatoms. The minimum Gasteiger partial charge on any atom is -0.349 e. The molecule has 6 nitrogen and oxygen atoms in total. The number of hydrogen-bond acceptors (Lipinski definition) is 3. The minimum absolute atomic E-state index is 0.123. The first-order valence-corrected chi connectivity index (χ1v) is 8.74. The molecule has 0 spiro atoms. The van der Waals surface area contributed by atoms with Crippen molar-refractivity contribution in [1.82, 2.24) is 25.1 Å². The molecule has 0 aliphatic rings. The summed E-state index contributed by atoms with van der Waals surface area (Å²) in [6.45, 7) is 0. The lowest BCUT2D eigenvalue weighted by Gasteiger charge is -2.18. The van der Waals surface area contributed by atoms with Gasteiger partial charge < -0.3 is 10.3 Å². The second-order valence-corrected chi connectivity index (χ2v) is 6.17. The predicted molar refractivity (Wildman–Crippen MR) is 103 cm³/mol. The van der Waals surface area contributed by atoms with Gasteiger partial charge in [0.15, 0.2) is 0 Å². The molecular weight excluding hydrogens is 338 g/mol. The zero-order valence-corrected chi connectivity index (χ0v) is 14.6. The van der Waals surface area contributed by atoms with E-state index in [1.165, 1.54) is 0 Å². The third-order valence-electron chi connectivity index (χ3n) is 4.36. The lowest BCUT2D eigenvalue weighted by Crippen LogP contribution is -2.30. The number of imidazole rings is 1. The van der Waals surface area contributed by atoms with Gasteiger partial charge in [-0.25, -0.2) is 9.67 Å². The topological polar surface area (TPSA) is 75.6 Å². The van der Waals surface area contributed by atoms with Crippen molar-refractivity contribution in [3.63, 3.8) is 0 Å². The molecule has 0 fully saturated rings. The van der Waals surface area contributed by atoms with Crippen LogP contribution in [0.4, 0.5) is 0 Å². The molecule has 0 saturated carbocycles. The summed E-state index contributed by atoms with van der Waals surface area (Å²) < 4.78 is 1.76. The van der Waals surface area contributed by atoms with Gasteiger partial charge in [0.1, 0.15) is 5.82 Å². The number of rotatable bonds is 6. The zero-order chi connectivity index (χ0) is 18.5. The van der Waals surface area contributed by atoms with Gasteiger partial charge in [0.05, 0.1) is 11.7 Å². The van der Waals surface area contributed by atoms with E-state index in [1.807, 2.05) is 54.7 Å². The molecule has 2 heterocycles. The number of hydrogen-bond donors (Lipinski definition) is 2. The summed E-state index contributed by atoms with van der Waals surface area (Å²) in [4.78, 5) is 20.2. The van der Waals surface area contributed by atoms with E-state index < -0.39 is 0 Å². The van der Waals surface area contributed by atoms with E-state index in [-0.39, 0.29) is 11.9 Å². The van der Waals surface area contributed by atoms with E-state index in [0.29, 0.717) is 12.0 Å². The van der Waals surface area contributed by atoms with Gasteiger partial charge in [0.2, 0.25) is 0 Å². The van der Waals surface area contributed by atoms with E-state index in [1.54, 1.807) is 35.4 Å². The molecule has 0 saturated heterocycles. The van der Waals surface area contributed by atoms with Crippen molar-refractivity contribution < 1.29 is 4.79 Å². The number of nitrogens with one attached hydrogen (secondary N) is 2. The number of H-pyrrole nitrogens is 1. The van der Waals surface area contributed by atoms with Crippen LogP contribution in [0.15, 0.2) is 85.5 Å². The van der Waals surface area contributed by atoms with Crippen LogP contribution in [0.5, 0.6) is 0 Å². The third-order valence-corrected chi connectivity index (χ3v) is 4.36. The van der Waals surface area contributed by atoms with Crippen LogP contribution in [-0.2, 0) is 6.42 Å². The summed E-state index contributed by atoms with van der Waals surface area (Å²) in [6, 6.07) is 19.0. The average Bonchev–Trinajstić information content (AvgIpc) is 3.42. The molecular formula is C21H19N5O. The van der Waals surface area contributed by atoms with Crippen molar-refractivity contribution in [2.75, 3.05) is 0 Å². The fraction of sp³-hybridized carbons (Fsp3) is 0.0952. The van der Waals surface area contributed by atoms with E-state index in [2.05, 4.69) is 20.4 Å². The van der Waals surface area contributed by atoms with Gasteiger partial charge in [0, 0.05) is 36.8 Å². The Morgan fingerprint density at radius 3 is 2.52 bits per heavy atom. The largest absolute Gasteiger partial charge is 0.349 e. The fourth-order valence-corrected chi connectivity index (χ4v) is 2.97. The smallest absolute Gasteiger partial charge is 0.251 e. The van der Waals surface area contributed by atoms with Crippen LogP contribution in [0.25, 0.3) is 5.69 Å². The van der Waals surface area contributed by atoms with Gasteiger partial charge in [0.25, 0.3) is 5.91 Å². The number of aromatic nitrogens is 4. The van der Waals surface area contributed by atoms with Crippen molar-refractivity contribution >= 4 is 5.91 Å². The molecule has 2 aromatic carbocycles. The molecule has 0 unspecified atom stereocenters. The van der Waals surface area contributed by atoms with E-state index in [9.17, 15) is 4.79 Å². The van der Waals surface area contributed by atoms with Crippen molar-refractivity contribution in [3.05, 3.63) is 102 Å². The van der Waals surface area contributed by atoms with Crippen molar-refractivity contribution in [2.45, 2.75) is 12.5 Å². The molecule has 0 aliphatic heterocycles. The van der Waals surface area contributed by atoms with E-state index >= 15 is 0 Å². The van der Waals surface area contributed by atoms with Gasteiger partial charge in [-0.3, -0.25) is 4.79 Å². The van der Waals surface area contributed by atoms with Gasteiger partial charge in [-0.1, -0.05) is 30.3 Å². The van der Waals surface area contributed by atoms with Crippen LogP contribution < -0.4 is 5.32 Å². The van der Waals surface area contributed by atoms with Crippen LogP contribution >= 0.6 is 0 Å². The lowest BCUT2D eigenvalue weighted by atomic mass is 10.0. The highest BCUT2D eigenvalue weighted by Crippen LogP contribution is 2.18. The van der Waals surface area contributed by atoms with Gasteiger partial charge >= 0.3 is 0 Å². The Labute approximate surface area is 156 Å². The van der Waals surface area contributed by atoms with Crippen LogP contribution in [-0.4, -0.2) is 25.7 Å². The van der Waals surface area contributed by atoms with Crippen LogP contribution in [0, 0.1) is 0 Å². The highest BCUT2D eigenvalue weighted by Gasteiger charge is 2.17. The van der Waals surface area contributed by atoms with Gasteiger partial charge in [-0.05, 0) is 35.9 Å². The maximum atomic E-state index is 12.8. The molecule has 134 valence electrons. The molecule has 1 atom stereocenters. The number of benzene rings is 2. The Kier molecular flexibility index (Phi) is 4.78. The fourth-order valence-electron chi connectivity index (χ4n) is 2.97. The van der Waals surface area contributed by atoms with Crippen molar-refractivity contribution in [3.8, 4) is 5.69 Å². The SMILES string of the molecule is O=C(N[C@@H](Cc1ncc[nH]1)c1ccccc1)c1ccc(-n2cccn2)cc1. The molecule has 1 amide bonds. The minimum atomic E-state index is -0.171. The number of carbonyl (C=O) groups excluding carboxylic acids is 1. The number of nitrogens with zero attached hydrogens (tertiary/aromatic N) is 3. The molecule has 27 heavy (non-hydrogen) atoms.